The van der Waals surface area contributed by atoms with Gasteiger partial charge in [-0.1, -0.05) is 0 Å². The lowest BCUT2D eigenvalue weighted by molar-refractivity contribution is 0.0894. The Morgan fingerprint density at radius 2 is 2.25 bits per heavy atom. The van der Waals surface area contributed by atoms with E-state index in [1.807, 2.05) is 13.0 Å². The van der Waals surface area contributed by atoms with Crippen LogP contribution in [0.25, 0.3) is 0 Å². The van der Waals surface area contributed by atoms with Gasteiger partial charge in [0.1, 0.15) is 5.76 Å². The van der Waals surface area contributed by atoms with Gasteiger partial charge in [-0.3, -0.25) is 15.1 Å². The van der Waals surface area contributed by atoms with Crippen molar-refractivity contribution in [3.05, 3.63) is 23.2 Å². The van der Waals surface area contributed by atoms with Gasteiger partial charge >= 0.3 is 5.91 Å². The van der Waals surface area contributed by atoms with Crippen molar-refractivity contribution in [3.63, 3.8) is 0 Å². The molecule has 112 valence electrons. The van der Waals surface area contributed by atoms with E-state index in [1.165, 1.54) is 0 Å². The zero-order chi connectivity index (χ0) is 14.5. The highest BCUT2D eigenvalue weighted by atomic mass is 16.5. The Bertz CT molecular complexity index is 451. The Morgan fingerprint density at radius 1 is 1.55 bits per heavy atom. The highest BCUT2D eigenvalue weighted by molar-refractivity contribution is 5.92. The maximum absolute atomic E-state index is 11.5. The van der Waals surface area contributed by atoms with Crippen LogP contribution in [0.2, 0.25) is 0 Å². The predicted octanol–water partition coefficient (Wildman–Crippen LogP) is 1.05. The molecule has 3 N–H and O–H groups in total. The third kappa shape index (κ3) is 3.59. The molecule has 2 rings (SSSR count). The van der Waals surface area contributed by atoms with Crippen LogP contribution in [0.1, 0.15) is 34.7 Å². The van der Waals surface area contributed by atoms with Crippen molar-refractivity contribution in [2.24, 2.45) is 11.8 Å². The Morgan fingerprint density at radius 3 is 2.85 bits per heavy atom. The van der Waals surface area contributed by atoms with Gasteiger partial charge < -0.3 is 9.15 Å². The summed E-state index contributed by atoms with van der Waals surface area (Å²) in [5.74, 6) is 6.52. The van der Waals surface area contributed by atoms with E-state index < -0.39 is 0 Å². The van der Waals surface area contributed by atoms with Crippen LogP contribution in [-0.4, -0.2) is 37.6 Å². The van der Waals surface area contributed by atoms with Gasteiger partial charge in [0.25, 0.3) is 0 Å². The number of carbonyl (C=O) groups is 1. The van der Waals surface area contributed by atoms with Gasteiger partial charge in [0.05, 0.1) is 6.54 Å². The topological polar surface area (TPSA) is 80.7 Å². The predicted molar refractivity (Wildman–Crippen MR) is 75.0 cm³/mol. The summed E-state index contributed by atoms with van der Waals surface area (Å²) in [6.45, 7) is 5.49. The second-order valence-electron chi connectivity index (χ2n) is 5.37. The van der Waals surface area contributed by atoms with E-state index in [0.717, 1.165) is 50.4 Å². The minimum Gasteiger partial charge on any atom is -0.454 e. The van der Waals surface area contributed by atoms with E-state index in [0.29, 0.717) is 11.7 Å². The van der Waals surface area contributed by atoms with E-state index in [4.69, 9.17) is 15.0 Å². The molecule has 2 heterocycles. The second kappa shape index (κ2) is 6.88. The first-order valence-corrected chi connectivity index (χ1v) is 6.95. The first-order chi connectivity index (χ1) is 9.63. The Labute approximate surface area is 119 Å². The molecule has 1 amide bonds. The van der Waals surface area contributed by atoms with Crippen LogP contribution in [0.3, 0.4) is 0 Å². The van der Waals surface area contributed by atoms with Crippen molar-refractivity contribution in [2.75, 3.05) is 26.8 Å². The maximum Gasteiger partial charge on any atom is 0.301 e. The summed E-state index contributed by atoms with van der Waals surface area (Å²) in [6, 6.07) is 1.91. The molecule has 1 aromatic heterocycles. The Balaban J connectivity index is 1.90. The maximum atomic E-state index is 11.5. The van der Waals surface area contributed by atoms with Crippen LogP contribution in [0.4, 0.5) is 0 Å². The molecule has 1 fully saturated rings. The van der Waals surface area contributed by atoms with Crippen molar-refractivity contribution < 1.29 is 13.9 Å². The number of methoxy groups -OCH3 is 1. The van der Waals surface area contributed by atoms with Crippen LogP contribution < -0.4 is 11.3 Å². The molecule has 6 heteroatoms. The quantitative estimate of drug-likeness (QED) is 0.479. The number of furan rings is 1. The monoisotopic (exact) mass is 281 g/mol. The van der Waals surface area contributed by atoms with Crippen molar-refractivity contribution in [2.45, 2.75) is 26.3 Å². The van der Waals surface area contributed by atoms with Crippen molar-refractivity contribution >= 4 is 5.91 Å². The molecule has 0 aliphatic carbocycles. The van der Waals surface area contributed by atoms with Crippen molar-refractivity contribution in [3.8, 4) is 0 Å². The fraction of sp³-hybridized carbons (Fsp3) is 0.643. The molecule has 0 saturated carbocycles. The summed E-state index contributed by atoms with van der Waals surface area (Å²) in [4.78, 5) is 13.8. The largest absolute Gasteiger partial charge is 0.454 e. The van der Waals surface area contributed by atoms with Crippen LogP contribution in [-0.2, 0) is 11.3 Å². The lowest BCUT2D eigenvalue weighted by Crippen LogP contribution is -2.34. The lowest BCUT2D eigenvalue weighted by atomic mass is 9.98. The Kier molecular flexibility index (Phi) is 5.17. The van der Waals surface area contributed by atoms with Gasteiger partial charge in [-0.2, -0.15) is 0 Å². The van der Waals surface area contributed by atoms with Gasteiger partial charge in [0, 0.05) is 19.3 Å². The number of nitrogens with one attached hydrogen (secondary N) is 1. The fourth-order valence-electron chi connectivity index (χ4n) is 2.68. The molecule has 0 bridgehead atoms. The minimum absolute atomic E-state index is 0.303. The number of rotatable bonds is 5. The lowest BCUT2D eigenvalue weighted by Gasteiger charge is -2.30. The van der Waals surface area contributed by atoms with Crippen molar-refractivity contribution in [1.29, 1.82) is 0 Å². The van der Waals surface area contributed by atoms with E-state index in [2.05, 4.69) is 10.3 Å². The summed E-state index contributed by atoms with van der Waals surface area (Å²) in [5, 5.41) is 0. The Hall–Kier alpha value is -1.37. The first-order valence-electron chi connectivity index (χ1n) is 6.95. The van der Waals surface area contributed by atoms with Gasteiger partial charge in [-0.05, 0) is 44.8 Å². The van der Waals surface area contributed by atoms with Crippen LogP contribution in [0.5, 0.6) is 0 Å². The number of ether oxygens (including phenoxy) is 1. The highest BCUT2D eigenvalue weighted by Crippen LogP contribution is 2.21. The van der Waals surface area contributed by atoms with Gasteiger partial charge in [0.2, 0.25) is 0 Å². The van der Waals surface area contributed by atoms with E-state index in [1.54, 1.807) is 7.11 Å². The average molecular weight is 281 g/mol. The number of likely N-dealkylation sites (tertiary alicyclic amines) is 1. The summed E-state index contributed by atoms with van der Waals surface area (Å²) >= 11 is 0. The number of hydrogen-bond donors (Lipinski definition) is 2. The van der Waals surface area contributed by atoms with E-state index in [9.17, 15) is 4.79 Å². The normalized spacial score (nSPS) is 17.4. The summed E-state index contributed by atoms with van der Waals surface area (Å²) in [6.07, 6.45) is 2.29. The number of nitrogen functional groups attached to an aromatic ring is 1. The minimum atomic E-state index is -0.382. The van der Waals surface area contributed by atoms with E-state index >= 15 is 0 Å². The number of nitrogens with two attached hydrogens (primary N) is 1. The van der Waals surface area contributed by atoms with Gasteiger partial charge in [-0.25, -0.2) is 5.84 Å². The summed E-state index contributed by atoms with van der Waals surface area (Å²) in [5.41, 5.74) is 2.92. The molecule has 1 aliphatic heterocycles. The molecular weight excluding hydrogens is 258 g/mol. The number of amides is 1. The van der Waals surface area contributed by atoms with Crippen LogP contribution >= 0.6 is 0 Å². The molecule has 1 saturated heterocycles. The molecule has 6 nitrogen and oxygen atoms in total. The number of hydrogen-bond acceptors (Lipinski definition) is 5. The van der Waals surface area contributed by atoms with Crippen LogP contribution in [0, 0.1) is 12.8 Å². The first kappa shape index (κ1) is 15.0. The zero-order valence-electron chi connectivity index (χ0n) is 12.1. The smallest absolute Gasteiger partial charge is 0.301 e. The number of piperidine rings is 1. The van der Waals surface area contributed by atoms with Crippen molar-refractivity contribution in [1.82, 2.24) is 10.3 Å². The fourth-order valence-corrected chi connectivity index (χ4v) is 2.68. The zero-order valence-corrected chi connectivity index (χ0v) is 12.1. The van der Waals surface area contributed by atoms with Gasteiger partial charge in [-0.15, -0.1) is 0 Å². The average Bonchev–Trinajstić information content (AvgIpc) is 2.81. The molecule has 1 aliphatic rings. The number of nitrogens with zero attached hydrogens (tertiary/aromatic N) is 1. The molecule has 20 heavy (non-hydrogen) atoms. The molecule has 0 radical (unpaired) electrons. The molecular formula is C14H23N3O3. The van der Waals surface area contributed by atoms with Crippen LogP contribution in [0.15, 0.2) is 10.5 Å². The third-order valence-electron chi connectivity index (χ3n) is 3.80. The number of aryl methyl sites for hydroxylation is 1. The number of carbonyl (C=O) groups excluding carboxylic acids is 1. The molecule has 0 spiro atoms. The van der Waals surface area contributed by atoms with E-state index in [-0.39, 0.29) is 5.91 Å². The third-order valence-corrected chi connectivity index (χ3v) is 3.80. The molecule has 0 aromatic carbocycles. The summed E-state index contributed by atoms with van der Waals surface area (Å²) in [7, 11) is 1.75. The highest BCUT2D eigenvalue weighted by Gasteiger charge is 2.21. The second-order valence-corrected chi connectivity index (χ2v) is 5.37. The summed E-state index contributed by atoms with van der Waals surface area (Å²) < 4.78 is 10.8. The molecule has 1 aromatic rings. The molecule has 0 unspecified atom stereocenters. The molecule has 0 atom stereocenters. The standard InChI is InChI=1S/C14H23N3O3/c1-10-7-12(20-13(10)14(18)16-15)8-17-5-3-11(4-6-17)9-19-2/h7,11H,3-6,8-9,15H2,1-2H3,(H,16,18). The van der Waals surface area contributed by atoms with Gasteiger partial charge in [0.15, 0.2) is 5.76 Å². The number of hydrazine groups is 1. The SMILES string of the molecule is COCC1CCN(Cc2cc(C)c(C(=O)NN)o2)CC1.